The Balaban J connectivity index is 0. The molecule has 1 rings (SSSR count). The van der Waals surface area contributed by atoms with E-state index in [0.717, 1.165) is 0 Å². The summed E-state index contributed by atoms with van der Waals surface area (Å²) in [6, 6.07) is 5.72. The summed E-state index contributed by atoms with van der Waals surface area (Å²) in [5, 5.41) is 0. The summed E-state index contributed by atoms with van der Waals surface area (Å²) < 4.78 is 63.8. The third-order valence-corrected chi connectivity index (χ3v) is 0.566. The van der Waals surface area contributed by atoms with Crippen molar-refractivity contribution in [1.29, 1.82) is 0 Å². The molecule has 0 atom stereocenters. The summed E-state index contributed by atoms with van der Waals surface area (Å²) in [5.41, 5.74) is 0. The molecule has 1 aromatic rings. The van der Waals surface area contributed by atoms with E-state index in [9.17, 15) is 0 Å². The van der Waals surface area contributed by atoms with Crippen molar-refractivity contribution in [3.8, 4) is 0 Å². The van der Waals surface area contributed by atoms with Gasteiger partial charge in [-0.15, -0.1) is 0 Å². The molecule has 0 bridgehead atoms. The van der Waals surface area contributed by atoms with Gasteiger partial charge in [0.1, 0.15) is 0 Å². The van der Waals surface area contributed by atoms with Crippen molar-refractivity contribution in [1.82, 2.24) is 4.98 Å². The number of rotatable bonds is 0. The summed E-state index contributed by atoms with van der Waals surface area (Å²) in [6.07, 6.45) is 3.50. The molecule has 16 heavy (non-hydrogen) atoms. The number of nitrogens with zero attached hydrogens (tertiary/aromatic N) is 1. The van der Waals surface area contributed by atoms with Gasteiger partial charge >= 0.3 is 59.1 Å². The van der Waals surface area contributed by atoms with Crippen LogP contribution >= 0.6 is 0 Å². The zero-order valence-electron chi connectivity index (χ0n) is 7.57. The van der Waals surface area contributed by atoms with Gasteiger partial charge in [-0.3, -0.25) is 4.98 Å². The van der Waals surface area contributed by atoms with E-state index in [1.807, 2.05) is 18.2 Å². The molecule has 11 heteroatoms. The molecule has 1 heterocycles. The Kier molecular flexibility index (Phi) is 9.28. The quantitative estimate of drug-likeness (QED) is 0.440. The van der Waals surface area contributed by atoms with Crippen LogP contribution in [-0.2, 0) is 42.4 Å². The molecule has 0 spiro atoms. The molecular formula is C5H9Cr2NO8. The Bertz CT molecular complexity index is 380. The number of aromatic nitrogens is 1. The fraction of sp³-hybridized carbons (Fsp3) is 0. The molecule has 0 radical (unpaired) electrons. The van der Waals surface area contributed by atoms with Crippen LogP contribution in [0.1, 0.15) is 0 Å². The smallest absolute Gasteiger partial charge is 0.0267 e. The molecule has 9 nitrogen and oxygen atoms in total. The average Bonchev–Trinajstić information content (AvgIpc) is 2.01. The van der Waals surface area contributed by atoms with E-state index >= 15 is 0 Å². The largest absolute Gasteiger partial charge is 0.265 e. The van der Waals surface area contributed by atoms with Gasteiger partial charge in [-0.1, -0.05) is 6.07 Å². The van der Waals surface area contributed by atoms with Gasteiger partial charge in [-0.05, 0) is 12.1 Å². The zero-order valence-corrected chi connectivity index (χ0v) is 10.1. The van der Waals surface area contributed by atoms with E-state index in [1.54, 1.807) is 12.4 Å². The van der Waals surface area contributed by atoms with Gasteiger partial charge in [-0.2, -0.15) is 0 Å². The topological polar surface area (TPSA) is 162 Å². The Hall–Kier alpha value is -0.745. The van der Waals surface area contributed by atoms with Crippen molar-refractivity contribution < 1.29 is 59.1 Å². The number of hydrogen-bond donors (Lipinski definition) is 4. The van der Waals surface area contributed by atoms with Gasteiger partial charge in [0.15, 0.2) is 0 Å². The minimum absolute atomic E-state index is 1.75. The van der Waals surface area contributed by atoms with Crippen LogP contribution in [0.5, 0.6) is 0 Å². The molecule has 0 aliphatic heterocycles. The van der Waals surface area contributed by atoms with Crippen LogP contribution in [0.25, 0.3) is 0 Å². The molecule has 0 amide bonds. The van der Waals surface area contributed by atoms with E-state index in [1.165, 1.54) is 0 Å². The van der Waals surface area contributed by atoms with E-state index in [2.05, 4.69) is 4.98 Å². The Labute approximate surface area is 94.8 Å². The van der Waals surface area contributed by atoms with Gasteiger partial charge in [0.05, 0.1) is 0 Å². The minimum Gasteiger partial charge on any atom is -0.265 e. The SMILES string of the molecule is [O]=[Cr](=[O])([OH])[OH].[O]=[Cr](=[O])([OH])[OH].c1ccncc1. The number of hydrogen-bond acceptors (Lipinski definition) is 5. The predicted octanol–water partition coefficient (Wildman–Crippen LogP) is -1.63. The van der Waals surface area contributed by atoms with Gasteiger partial charge in [0.25, 0.3) is 0 Å². The second-order valence-corrected chi connectivity index (χ2v) is 4.72. The van der Waals surface area contributed by atoms with Crippen molar-refractivity contribution >= 4 is 0 Å². The first-order chi connectivity index (χ1) is 7.00. The van der Waals surface area contributed by atoms with Crippen LogP contribution in [0.2, 0.25) is 0 Å². The molecule has 4 N–H and O–H groups in total. The third kappa shape index (κ3) is 72.1. The fourth-order valence-corrected chi connectivity index (χ4v) is 0.313. The first-order valence-electron chi connectivity index (χ1n) is 3.25. The number of pyridine rings is 1. The maximum atomic E-state index is 8.82. The van der Waals surface area contributed by atoms with Crippen molar-refractivity contribution in [2.75, 3.05) is 0 Å². The van der Waals surface area contributed by atoms with Crippen LogP contribution < -0.4 is 0 Å². The van der Waals surface area contributed by atoms with Crippen molar-refractivity contribution in [2.24, 2.45) is 0 Å². The molecule has 1 aromatic heterocycles. The van der Waals surface area contributed by atoms with Crippen LogP contribution in [0.4, 0.5) is 0 Å². The normalized spacial score (nSPS) is 10.2. The van der Waals surface area contributed by atoms with E-state index < -0.39 is 27.2 Å². The molecule has 94 valence electrons. The predicted molar refractivity (Wildman–Crippen MR) is 35.9 cm³/mol. The first-order valence-corrected chi connectivity index (χ1v) is 7.61. The molecule has 0 fully saturated rings. The summed E-state index contributed by atoms with van der Waals surface area (Å²) in [4.78, 5) is 3.78. The van der Waals surface area contributed by atoms with Crippen molar-refractivity contribution in [2.45, 2.75) is 0 Å². The maximum absolute atomic E-state index is 8.82. The molecule has 0 unspecified atom stereocenters. The van der Waals surface area contributed by atoms with Gasteiger partial charge in [0, 0.05) is 12.4 Å². The Morgan fingerprint density at radius 1 is 0.688 bits per heavy atom. The van der Waals surface area contributed by atoms with Crippen molar-refractivity contribution in [3.05, 3.63) is 30.6 Å². The molecule has 0 saturated carbocycles. The molecule has 0 saturated heterocycles. The molecule has 0 aliphatic rings. The van der Waals surface area contributed by atoms with Gasteiger partial charge < -0.3 is 0 Å². The average molecular weight is 315 g/mol. The van der Waals surface area contributed by atoms with Crippen molar-refractivity contribution in [3.63, 3.8) is 0 Å². The Morgan fingerprint density at radius 3 is 1.00 bits per heavy atom. The monoisotopic (exact) mass is 315 g/mol. The molecule has 0 aliphatic carbocycles. The third-order valence-electron chi connectivity index (χ3n) is 0.566. The van der Waals surface area contributed by atoms with E-state index in [4.69, 9.17) is 31.8 Å². The Morgan fingerprint density at radius 2 is 0.938 bits per heavy atom. The molecule has 0 aromatic carbocycles. The van der Waals surface area contributed by atoms with Crippen LogP contribution in [0, 0.1) is 0 Å². The zero-order chi connectivity index (χ0) is 13.2. The first kappa shape index (κ1) is 17.6. The maximum Gasteiger partial charge on any atom is 0.0267 e. The molecular weight excluding hydrogens is 306 g/mol. The van der Waals surface area contributed by atoms with Gasteiger partial charge in [-0.25, -0.2) is 0 Å². The van der Waals surface area contributed by atoms with Crippen LogP contribution in [-0.4, -0.2) is 21.6 Å². The summed E-state index contributed by atoms with van der Waals surface area (Å²) in [7, 11) is 0. The van der Waals surface area contributed by atoms with E-state index in [-0.39, 0.29) is 0 Å². The van der Waals surface area contributed by atoms with Crippen LogP contribution in [0.15, 0.2) is 30.6 Å². The standard InChI is InChI=1S/C5H5N.2Cr.4H2O.4O/c1-2-4-6-5-3-1;;;;;;;;;;/h1-5H;;;4*1H2;;;;/q;2*+2;;;;;;;;/p-4. The van der Waals surface area contributed by atoms with E-state index in [0.29, 0.717) is 0 Å². The summed E-state index contributed by atoms with van der Waals surface area (Å²) in [6.45, 7) is 0. The second kappa shape index (κ2) is 8.41. The van der Waals surface area contributed by atoms with Crippen LogP contribution in [0.3, 0.4) is 0 Å². The second-order valence-electron chi connectivity index (χ2n) is 1.92. The minimum atomic E-state index is -5.25. The summed E-state index contributed by atoms with van der Waals surface area (Å²) in [5.74, 6) is 0. The van der Waals surface area contributed by atoms with Gasteiger partial charge in [0.2, 0.25) is 0 Å². The fourth-order valence-electron chi connectivity index (χ4n) is 0.313. The summed E-state index contributed by atoms with van der Waals surface area (Å²) >= 11 is -10.5.